The summed E-state index contributed by atoms with van der Waals surface area (Å²) in [6, 6.07) is 11.4. The number of ether oxygens (including phenoxy) is 2. The Hall–Kier alpha value is -4.78. The third-order valence-corrected chi connectivity index (χ3v) is 11.2. The number of hydrogen-bond donors (Lipinski definition) is 1. The lowest BCUT2D eigenvalue weighted by atomic mass is 9.72. The van der Waals surface area contributed by atoms with E-state index < -0.39 is 72.5 Å². The lowest BCUT2D eigenvalue weighted by molar-refractivity contribution is -0.160. The summed E-state index contributed by atoms with van der Waals surface area (Å²) in [5, 5.41) is 21.4. The quantitative estimate of drug-likeness (QED) is 0.150. The van der Waals surface area contributed by atoms with Crippen LogP contribution in [0.4, 0.5) is 22.0 Å². The minimum absolute atomic E-state index is 0.0649. The van der Waals surface area contributed by atoms with Crippen LogP contribution in [0.5, 0.6) is 11.5 Å². The van der Waals surface area contributed by atoms with Crippen molar-refractivity contribution in [3.8, 4) is 17.6 Å². The van der Waals surface area contributed by atoms with Crippen LogP contribution in [0.25, 0.3) is 0 Å². The maximum atomic E-state index is 15.1. The number of alkyl halides is 5. The molecule has 59 heavy (non-hydrogen) atoms. The van der Waals surface area contributed by atoms with Crippen LogP contribution in [0.15, 0.2) is 54.2 Å². The Morgan fingerprint density at radius 1 is 1.08 bits per heavy atom. The maximum absolute atomic E-state index is 15.1. The molecule has 16 heteroatoms. The molecule has 2 aromatic heterocycles. The molecule has 0 bridgehead atoms. The standard InChI is InChI=1S/C39H45F3N4O6S.C2H4F2.C2H6/c1-4-8-33-39(52-27-21-28(22-40)53-24-27,14-7-18-46(33)35(49)29-23-44-17-13-30(29)37(3,41)42)36(50)45-19-15-38(25-43,16-20-45)31-9-5-6-10-32(31)51-26(2)11-12-34(47)48;3-1-2-4;1-2/h5-6,9-10,13,17,21,23-24,26,33H,4,7-8,11-12,14-16,18-20,22H2,1-3H3,(H,47,48);1-2H2;1-2H3/t26?,33-,39+;;/m1../s1. The molecule has 10 nitrogen and oxygen atoms in total. The molecule has 2 fully saturated rings. The van der Waals surface area contributed by atoms with Crippen LogP contribution in [0.2, 0.25) is 0 Å². The van der Waals surface area contributed by atoms with Crippen LogP contribution in [-0.4, -0.2) is 88.4 Å². The smallest absolute Gasteiger partial charge is 0.303 e. The fraction of sp³-hybridized carbons (Fsp3) is 0.558. The van der Waals surface area contributed by atoms with Crippen molar-refractivity contribution >= 4 is 29.1 Å². The number of thiophene rings is 1. The lowest BCUT2D eigenvalue weighted by Crippen LogP contribution is -2.68. The number of benzene rings is 1. The van der Waals surface area contributed by atoms with Crippen LogP contribution in [0, 0.1) is 11.3 Å². The van der Waals surface area contributed by atoms with E-state index >= 15 is 4.79 Å². The molecule has 3 aromatic rings. The summed E-state index contributed by atoms with van der Waals surface area (Å²) in [4.78, 5) is 47.9. The number of carbonyl (C=O) groups excluding carboxylic acids is 2. The average Bonchev–Trinajstić information content (AvgIpc) is 3.71. The highest BCUT2D eigenvalue weighted by Crippen LogP contribution is 2.44. The average molecular weight is 851 g/mol. The number of likely N-dealkylation sites (tertiary alicyclic amines) is 2. The first-order valence-corrected chi connectivity index (χ1v) is 20.8. The number of halogens is 5. The van der Waals surface area contributed by atoms with Gasteiger partial charge < -0.3 is 24.4 Å². The van der Waals surface area contributed by atoms with Gasteiger partial charge in [0, 0.05) is 73.2 Å². The van der Waals surface area contributed by atoms with E-state index in [9.17, 15) is 36.8 Å². The molecular formula is C43H55F5N4O6S. The number of carbonyl (C=O) groups is 3. The second-order valence-electron chi connectivity index (χ2n) is 14.3. The highest BCUT2D eigenvalue weighted by Gasteiger charge is 2.56. The third kappa shape index (κ3) is 11.9. The number of pyridine rings is 1. The van der Waals surface area contributed by atoms with E-state index in [1.54, 1.807) is 35.4 Å². The topological polar surface area (TPSA) is 133 Å². The molecule has 1 unspecified atom stereocenters. The fourth-order valence-electron chi connectivity index (χ4n) is 7.57. The molecule has 1 aromatic carbocycles. The Balaban J connectivity index is 0.00000146. The summed E-state index contributed by atoms with van der Waals surface area (Å²) < 4.78 is 76.6. The first-order chi connectivity index (χ1) is 28.2. The van der Waals surface area contributed by atoms with Crippen LogP contribution in [-0.2, 0) is 27.6 Å². The number of nitriles is 1. The number of piperidine rings is 2. The zero-order valence-corrected chi connectivity index (χ0v) is 35.1. The molecule has 2 amide bonds. The lowest BCUT2D eigenvalue weighted by Gasteiger charge is -2.51. The van der Waals surface area contributed by atoms with Gasteiger partial charge >= 0.3 is 5.97 Å². The predicted octanol–water partition coefficient (Wildman–Crippen LogP) is 9.61. The Bertz CT molecular complexity index is 1860. The zero-order chi connectivity index (χ0) is 43.8. The number of carboxylic acid groups (broad SMARTS) is 1. The van der Waals surface area contributed by atoms with Gasteiger partial charge in [0.1, 0.15) is 31.5 Å². The monoisotopic (exact) mass is 850 g/mol. The van der Waals surface area contributed by atoms with Crippen molar-refractivity contribution in [3.05, 3.63) is 75.7 Å². The second-order valence-corrected chi connectivity index (χ2v) is 15.3. The van der Waals surface area contributed by atoms with E-state index in [2.05, 4.69) is 11.1 Å². The molecule has 2 saturated heterocycles. The van der Waals surface area contributed by atoms with Crippen molar-refractivity contribution < 1.29 is 50.9 Å². The molecule has 3 atom stereocenters. The van der Waals surface area contributed by atoms with E-state index in [0.29, 0.717) is 35.5 Å². The van der Waals surface area contributed by atoms with Gasteiger partial charge in [0.25, 0.3) is 17.7 Å². The normalized spacial score (nSPS) is 19.2. The van der Waals surface area contributed by atoms with Crippen LogP contribution in [0.1, 0.15) is 112 Å². The van der Waals surface area contributed by atoms with Crippen molar-refractivity contribution in [1.29, 1.82) is 5.26 Å². The molecule has 0 spiro atoms. The Morgan fingerprint density at radius 3 is 2.34 bits per heavy atom. The summed E-state index contributed by atoms with van der Waals surface area (Å²) in [7, 11) is 0. The predicted molar refractivity (Wildman–Crippen MR) is 215 cm³/mol. The minimum atomic E-state index is -3.33. The van der Waals surface area contributed by atoms with Crippen LogP contribution in [0.3, 0.4) is 0 Å². The van der Waals surface area contributed by atoms with Crippen molar-refractivity contribution in [2.45, 2.75) is 122 Å². The highest BCUT2D eigenvalue weighted by molar-refractivity contribution is 7.10. The van der Waals surface area contributed by atoms with Crippen molar-refractivity contribution in [2.75, 3.05) is 33.0 Å². The van der Waals surface area contributed by atoms with Gasteiger partial charge in [-0.2, -0.15) is 5.26 Å². The molecular weight excluding hydrogens is 796 g/mol. The van der Waals surface area contributed by atoms with Gasteiger partial charge in [-0.1, -0.05) is 45.4 Å². The molecule has 0 radical (unpaired) electrons. The van der Waals surface area contributed by atoms with E-state index in [1.807, 2.05) is 26.8 Å². The number of amides is 2. The first-order valence-electron chi connectivity index (χ1n) is 20.0. The molecule has 324 valence electrons. The summed E-state index contributed by atoms with van der Waals surface area (Å²) in [6.07, 6.45) is 4.05. The Labute approximate surface area is 347 Å². The van der Waals surface area contributed by atoms with Gasteiger partial charge in [0.05, 0.1) is 29.2 Å². The van der Waals surface area contributed by atoms with E-state index in [4.69, 9.17) is 14.6 Å². The van der Waals surface area contributed by atoms with Crippen molar-refractivity contribution in [3.63, 3.8) is 0 Å². The molecule has 2 aliphatic heterocycles. The SMILES string of the molecule is CC.CCC[C@H]1N(C(=O)c2cnccc2C(C)(F)F)CCC[C@@]1(Oc1csc(CF)c1)C(=O)N1CCC(C#N)(c2ccccc2OC(C)CCC(=O)O)CC1.FCCF. The number of nitrogens with zero attached hydrogens (tertiary/aromatic N) is 4. The largest absolute Gasteiger partial charge is 0.490 e. The number of carboxylic acids is 1. The minimum Gasteiger partial charge on any atom is -0.490 e. The number of aromatic nitrogens is 1. The molecule has 4 heterocycles. The summed E-state index contributed by atoms with van der Waals surface area (Å²) >= 11 is 1.14. The van der Waals surface area contributed by atoms with Gasteiger partial charge in [0.15, 0.2) is 0 Å². The van der Waals surface area contributed by atoms with Gasteiger partial charge in [-0.05, 0) is 57.2 Å². The molecule has 0 saturated carbocycles. The number of rotatable bonds is 15. The summed E-state index contributed by atoms with van der Waals surface area (Å²) in [5.41, 5.74) is -2.72. The van der Waals surface area contributed by atoms with E-state index in [1.165, 1.54) is 17.2 Å². The Morgan fingerprint density at radius 2 is 1.76 bits per heavy atom. The molecule has 5 rings (SSSR count). The first kappa shape index (κ1) is 48.6. The zero-order valence-electron chi connectivity index (χ0n) is 34.3. The number of aliphatic carboxylic acids is 1. The van der Waals surface area contributed by atoms with Gasteiger partial charge in [-0.25, -0.2) is 22.0 Å². The molecule has 2 aliphatic rings. The van der Waals surface area contributed by atoms with E-state index in [0.717, 1.165) is 30.5 Å². The highest BCUT2D eigenvalue weighted by atomic mass is 32.1. The number of para-hydroxylation sites is 1. The van der Waals surface area contributed by atoms with E-state index in [-0.39, 0.29) is 63.1 Å². The van der Waals surface area contributed by atoms with Crippen LogP contribution >= 0.6 is 11.3 Å². The van der Waals surface area contributed by atoms with Crippen molar-refractivity contribution in [1.82, 2.24) is 14.8 Å². The van der Waals surface area contributed by atoms with Gasteiger partial charge in [0.2, 0.25) is 5.60 Å². The third-order valence-electron chi connectivity index (χ3n) is 10.3. The summed E-state index contributed by atoms with van der Waals surface area (Å²) in [6.45, 7) is 6.51. The van der Waals surface area contributed by atoms with Gasteiger partial charge in [-0.3, -0.25) is 19.4 Å². The second kappa shape index (κ2) is 22.6. The summed E-state index contributed by atoms with van der Waals surface area (Å²) in [5.74, 6) is -4.58. The Kier molecular flexibility index (Phi) is 18.6. The van der Waals surface area contributed by atoms with Crippen molar-refractivity contribution in [2.24, 2.45) is 0 Å². The number of hydrogen-bond acceptors (Lipinski definition) is 8. The van der Waals surface area contributed by atoms with Gasteiger partial charge in [-0.15, -0.1) is 11.3 Å². The maximum Gasteiger partial charge on any atom is 0.303 e. The fourth-order valence-corrected chi connectivity index (χ4v) is 8.20. The molecule has 0 aliphatic carbocycles. The molecule has 1 N–H and O–H groups in total. The van der Waals surface area contributed by atoms with Crippen LogP contribution < -0.4 is 9.47 Å².